The van der Waals surface area contributed by atoms with Crippen LogP contribution >= 0.6 is 0 Å². The van der Waals surface area contributed by atoms with Crippen LogP contribution in [0.5, 0.6) is 0 Å². The maximum absolute atomic E-state index is 5.67. The number of hydrogen-bond donors (Lipinski definition) is 0. The van der Waals surface area contributed by atoms with Crippen LogP contribution in [-0.4, -0.2) is 12.7 Å². The van der Waals surface area contributed by atoms with E-state index in [2.05, 4.69) is 6.92 Å². The van der Waals surface area contributed by atoms with Crippen LogP contribution in [0.4, 0.5) is 0 Å². The molecule has 10 heavy (non-hydrogen) atoms. The second kappa shape index (κ2) is 2.54. The molecule has 58 valence electrons. The summed E-state index contributed by atoms with van der Waals surface area (Å²) in [7, 11) is 0. The molecule has 0 amide bonds. The fourth-order valence-corrected chi connectivity index (χ4v) is 2.46. The lowest BCUT2D eigenvalue weighted by Crippen LogP contribution is -2.28. The van der Waals surface area contributed by atoms with Gasteiger partial charge in [-0.25, -0.2) is 0 Å². The summed E-state index contributed by atoms with van der Waals surface area (Å²) in [5.74, 6) is 1.75. The lowest BCUT2D eigenvalue weighted by Gasteiger charge is -2.29. The second-order valence-electron chi connectivity index (χ2n) is 3.79. The topological polar surface area (TPSA) is 9.23 Å². The Morgan fingerprint density at radius 1 is 1.20 bits per heavy atom. The first-order valence-electron chi connectivity index (χ1n) is 4.49. The lowest BCUT2D eigenvalue weighted by molar-refractivity contribution is 0.0263. The van der Waals surface area contributed by atoms with Gasteiger partial charge in [-0.3, -0.25) is 0 Å². The third kappa shape index (κ3) is 0.968. The largest absolute Gasteiger partial charge is 0.378 e. The standard InChI is InChI=1S/C9H16O/c1-7-3-2-4-8-5-6-10-9(7)8/h7-9H,2-6H2,1H3. The highest BCUT2D eigenvalue weighted by Crippen LogP contribution is 2.37. The summed E-state index contributed by atoms with van der Waals surface area (Å²) in [4.78, 5) is 0. The van der Waals surface area contributed by atoms with E-state index in [9.17, 15) is 0 Å². The molecule has 2 rings (SSSR count). The van der Waals surface area contributed by atoms with Crippen molar-refractivity contribution in [3.63, 3.8) is 0 Å². The molecule has 0 aromatic carbocycles. The molecule has 0 aromatic rings. The normalized spacial score (nSPS) is 47.1. The van der Waals surface area contributed by atoms with Gasteiger partial charge in [-0.1, -0.05) is 13.3 Å². The molecule has 1 aliphatic carbocycles. The minimum Gasteiger partial charge on any atom is -0.378 e. The van der Waals surface area contributed by atoms with Crippen molar-refractivity contribution in [1.82, 2.24) is 0 Å². The van der Waals surface area contributed by atoms with Crippen molar-refractivity contribution in [2.45, 2.75) is 38.7 Å². The summed E-state index contributed by atoms with van der Waals surface area (Å²) in [6.07, 6.45) is 6.21. The molecule has 1 heterocycles. The van der Waals surface area contributed by atoms with Gasteiger partial charge in [0.05, 0.1) is 6.10 Å². The first kappa shape index (κ1) is 6.66. The molecule has 0 bridgehead atoms. The van der Waals surface area contributed by atoms with Gasteiger partial charge >= 0.3 is 0 Å². The summed E-state index contributed by atoms with van der Waals surface area (Å²) >= 11 is 0. The Hall–Kier alpha value is -0.0400. The predicted octanol–water partition coefficient (Wildman–Crippen LogP) is 2.21. The maximum atomic E-state index is 5.67. The zero-order valence-electron chi connectivity index (χ0n) is 6.68. The Labute approximate surface area is 62.8 Å². The Morgan fingerprint density at radius 2 is 2.10 bits per heavy atom. The minimum atomic E-state index is 0.633. The van der Waals surface area contributed by atoms with Gasteiger partial charge in [0.2, 0.25) is 0 Å². The zero-order valence-corrected chi connectivity index (χ0v) is 6.68. The summed E-state index contributed by atoms with van der Waals surface area (Å²) < 4.78 is 5.67. The van der Waals surface area contributed by atoms with E-state index in [1.807, 2.05) is 0 Å². The van der Waals surface area contributed by atoms with Crippen molar-refractivity contribution in [3.05, 3.63) is 0 Å². The van der Waals surface area contributed by atoms with Crippen LogP contribution in [0.2, 0.25) is 0 Å². The van der Waals surface area contributed by atoms with E-state index in [-0.39, 0.29) is 0 Å². The van der Waals surface area contributed by atoms with E-state index < -0.39 is 0 Å². The Bertz CT molecular complexity index is 122. The highest BCUT2D eigenvalue weighted by Gasteiger charge is 2.34. The van der Waals surface area contributed by atoms with Crippen molar-refractivity contribution in [2.75, 3.05) is 6.61 Å². The van der Waals surface area contributed by atoms with Crippen LogP contribution in [-0.2, 0) is 4.74 Å². The zero-order chi connectivity index (χ0) is 6.97. The van der Waals surface area contributed by atoms with Crippen molar-refractivity contribution in [1.29, 1.82) is 0 Å². The van der Waals surface area contributed by atoms with Crippen LogP contribution in [0, 0.1) is 11.8 Å². The van der Waals surface area contributed by atoms with Gasteiger partial charge in [0, 0.05) is 6.61 Å². The molecule has 1 heteroatoms. The number of hydrogen-bond acceptors (Lipinski definition) is 1. The van der Waals surface area contributed by atoms with Gasteiger partial charge in [0.1, 0.15) is 0 Å². The summed E-state index contributed by atoms with van der Waals surface area (Å²) in [6, 6.07) is 0. The second-order valence-corrected chi connectivity index (χ2v) is 3.79. The third-order valence-corrected chi connectivity index (χ3v) is 3.06. The molecule has 0 spiro atoms. The minimum absolute atomic E-state index is 0.633. The van der Waals surface area contributed by atoms with Gasteiger partial charge in [-0.05, 0) is 31.1 Å². The Morgan fingerprint density at radius 3 is 2.90 bits per heavy atom. The average Bonchev–Trinajstić information content (AvgIpc) is 2.36. The van der Waals surface area contributed by atoms with Crippen molar-refractivity contribution < 1.29 is 4.74 Å². The molecule has 2 aliphatic rings. The third-order valence-electron chi connectivity index (χ3n) is 3.06. The first-order chi connectivity index (χ1) is 4.88. The van der Waals surface area contributed by atoms with E-state index >= 15 is 0 Å². The molecule has 0 N–H and O–H groups in total. The van der Waals surface area contributed by atoms with Gasteiger partial charge in [-0.15, -0.1) is 0 Å². The predicted molar refractivity (Wildman–Crippen MR) is 40.9 cm³/mol. The quantitative estimate of drug-likeness (QED) is 0.501. The van der Waals surface area contributed by atoms with Crippen LogP contribution < -0.4 is 0 Å². The van der Waals surface area contributed by atoms with Crippen molar-refractivity contribution >= 4 is 0 Å². The van der Waals surface area contributed by atoms with E-state index in [0.717, 1.165) is 18.4 Å². The first-order valence-corrected chi connectivity index (χ1v) is 4.49. The summed E-state index contributed by atoms with van der Waals surface area (Å²) in [5.41, 5.74) is 0. The summed E-state index contributed by atoms with van der Waals surface area (Å²) in [6.45, 7) is 3.36. The Balaban J connectivity index is 2.03. The molecular weight excluding hydrogens is 124 g/mol. The van der Waals surface area contributed by atoms with Crippen LogP contribution in [0.1, 0.15) is 32.6 Å². The van der Waals surface area contributed by atoms with Gasteiger partial charge in [-0.2, -0.15) is 0 Å². The molecule has 1 aliphatic heterocycles. The van der Waals surface area contributed by atoms with Crippen LogP contribution in [0.15, 0.2) is 0 Å². The van der Waals surface area contributed by atoms with E-state index in [4.69, 9.17) is 4.74 Å². The molecule has 1 saturated carbocycles. The highest BCUT2D eigenvalue weighted by atomic mass is 16.5. The molecule has 2 fully saturated rings. The number of rotatable bonds is 0. The summed E-state index contributed by atoms with van der Waals surface area (Å²) in [5, 5.41) is 0. The van der Waals surface area contributed by atoms with Crippen LogP contribution in [0.3, 0.4) is 0 Å². The van der Waals surface area contributed by atoms with Gasteiger partial charge in [0.25, 0.3) is 0 Å². The lowest BCUT2D eigenvalue weighted by atomic mass is 9.80. The SMILES string of the molecule is CC1CCCC2CCOC12. The van der Waals surface area contributed by atoms with E-state index in [0.29, 0.717) is 6.10 Å². The molecular formula is C9H16O. The van der Waals surface area contributed by atoms with Crippen LogP contribution in [0.25, 0.3) is 0 Å². The molecule has 3 unspecified atom stereocenters. The number of fused-ring (bicyclic) bond motifs is 1. The fraction of sp³-hybridized carbons (Fsp3) is 1.00. The molecule has 1 nitrogen and oxygen atoms in total. The van der Waals surface area contributed by atoms with Crippen molar-refractivity contribution in [3.8, 4) is 0 Å². The molecule has 0 radical (unpaired) electrons. The highest BCUT2D eigenvalue weighted by molar-refractivity contribution is 4.84. The maximum Gasteiger partial charge on any atom is 0.0629 e. The van der Waals surface area contributed by atoms with E-state index in [1.165, 1.54) is 25.7 Å². The van der Waals surface area contributed by atoms with Crippen molar-refractivity contribution in [2.24, 2.45) is 11.8 Å². The Kier molecular flexibility index (Phi) is 1.69. The monoisotopic (exact) mass is 140 g/mol. The molecule has 1 saturated heterocycles. The number of ether oxygens (including phenoxy) is 1. The fourth-order valence-electron chi connectivity index (χ4n) is 2.46. The average molecular weight is 140 g/mol. The molecule has 0 aromatic heterocycles. The van der Waals surface area contributed by atoms with E-state index in [1.54, 1.807) is 0 Å². The van der Waals surface area contributed by atoms with Gasteiger partial charge < -0.3 is 4.74 Å². The smallest absolute Gasteiger partial charge is 0.0629 e. The molecule has 3 atom stereocenters. The van der Waals surface area contributed by atoms with Gasteiger partial charge in [0.15, 0.2) is 0 Å².